The summed E-state index contributed by atoms with van der Waals surface area (Å²) in [6.45, 7) is 24.2. The number of carbonyl (C=O) groups excluding carboxylic acids is 3. The number of piperidine rings is 1. The molecule has 0 radical (unpaired) electrons. The topological polar surface area (TPSA) is 75.7 Å². The predicted molar refractivity (Wildman–Crippen MR) is 199 cm³/mol. The van der Waals surface area contributed by atoms with Gasteiger partial charge in [-0.15, -0.1) is 6.58 Å². The molecule has 49 heavy (non-hydrogen) atoms. The Balaban J connectivity index is 0.00000151. The second kappa shape index (κ2) is 14.7. The molecule has 10 unspecified atom stereocenters. The highest BCUT2D eigenvalue weighted by molar-refractivity contribution is 5.84. The van der Waals surface area contributed by atoms with Gasteiger partial charge in [-0.2, -0.15) is 0 Å². The molecule has 6 aliphatic rings. The van der Waals surface area contributed by atoms with Gasteiger partial charge in [0.25, 0.3) is 0 Å². The van der Waals surface area contributed by atoms with E-state index in [1.165, 1.54) is 77.3 Å². The molecule has 0 aromatic carbocycles. The summed E-state index contributed by atoms with van der Waals surface area (Å²) in [5.74, 6) is 3.67. The average molecular weight is 681 g/mol. The summed E-state index contributed by atoms with van der Waals surface area (Å²) in [5.41, 5.74) is -0.444. The zero-order valence-electron chi connectivity index (χ0n) is 32.7. The highest BCUT2D eigenvalue weighted by atomic mass is 16.5. The van der Waals surface area contributed by atoms with Crippen LogP contribution in [0.25, 0.3) is 0 Å². The number of nitrogens with one attached hydrogen (secondary N) is 1. The first kappa shape index (κ1) is 38.5. The Morgan fingerprint density at radius 2 is 1.49 bits per heavy atom. The van der Waals surface area contributed by atoms with Crippen molar-refractivity contribution in [1.82, 2.24) is 10.2 Å². The Morgan fingerprint density at radius 1 is 0.857 bits per heavy atom. The molecule has 6 fully saturated rings. The number of hydrogen-bond donors (Lipinski definition) is 1. The van der Waals surface area contributed by atoms with Crippen LogP contribution in [0, 0.1) is 57.2 Å². The smallest absolute Gasteiger partial charge is 0.307 e. The number of carbonyl (C=O) groups is 3. The van der Waals surface area contributed by atoms with Crippen molar-refractivity contribution in [2.75, 3.05) is 19.6 Å². The number of esters is 1. The summed E-state index contributed by atoms with van der Waals surface area (Å²) in [7, 11) is 0. The number of hydrogen-bond acceptors (Lipinski definition) is 5. The van der Waals surface area contributed by atoms with Gasteiger partial charge in [0.1, 0.15) is 12.4 Å². The summed E-state index contributed by atoms with van der Waals surface area (Å²) >= 11 is 0. The van der Waals surface area contributed by atoms with E-state index in [4.69, 9.17) is 4.74 Å². The quantitative estimate of drug-likeness (QED) is 0.157. The normalized spacial score (nSPS) is 40.6. The van der Waals surface area contributed by atoms with Crippen molar-refractivity contribution in [1.29, 1.82) is 0 Å². The minimum absolute atomic E-state index is 0.0415. The molecule has 10 atom stereocenters. The van der Waals surface area contributed by atoms with Crippen LogP contribution in [0.5, 0.6) is 0 Å². The van der Waals surface area contributed by atoms with Gasteiger partial charge in [-0.3, -0.25) is 9.59 Å². The van der Waals surface area contributed by atoms with E-state index in [-0.39, 0.29) is 34.9 Å². The molecule has 278 valence electrons. The van der Waals surface area contributed by atoms with Crippen molar-refractivity contribution in [2.24, 2.45) is 57.2 Å². The van der Waals surface area contributed by atoms with Crippen molar-refractivity contribution in [3.63, 3.8) is 0 Å². The van der Waals surface area contributed by atoms with Crippen molar-refractivity contribution < 1.29 is 19.1 Å². The highest BCUT2D eigenvalue weighted by Crippen LogP contribution is 2.72. The van der Waals surface area contributed by atoms with Crippen LogP contribution in [-0.4, -0.2) is 54.3 Å². The molecule has 0 bridgehead atoms. The van der Waals surface area contributed by atoms with Crippen molar-refractivity contribution in [3.05, 3.63) is 12.7 Å². The fourth-order valence-electron chi connectivity index (χ4n) is 13.1. The Morgan fingerprint density at radius 3 is 2.16 bits per heavy atom. The largest absolute Gasteiger partial charge is 0.462 e. The first-order valence-corrected chi connectivity index (χ1v) is 20.3. The van der Waals surface area contributed by atoms with E-state index in [2.05, 4.69) is 51.4 Å². The lowest BCUT2D eigenvalue weighted by Crippen LogP contribution is -2.63. The molecule has 1 saturated heterocycles. The SMILES string of the molecule is C=CC.CC1C(OC(=O)CC(C)(C)C=O)CCC2(C)C1CCC1(C)C3CCC4(C(=O)NC(C)(C)CN5CCCCC5)CCCC4C3CCC21. The minimum Gasteiger partial charge on any atom is -0.462 e. The van der Waals surface area contributed by atoms with Crippen LogP contribution in [-0.2, 0) is 19.1 Å². The molecule has 6 heteroatoms. The molecular formula is C43H72N2O4. The van der Waals surface area contributed by atoms with E-state index < -0.39 is 5.41 Å². The van der Waals surface area contributed by atoms with Crippen LogP contribution in [0.15, 0.2) is 12.7 Å². The summed E-state index contributed by atoms with van der Waals surface area (Å²) < 4.78 is 6.10. The number of amides is 1. The number of nitrogens with zero attached hydrogens (tertiary/aromatic N) is 1. The van der Waals surface area contributed by atoms with Gasteiger partial charge < -0.3 is 19.7 Å². The maximum atomic E-state index is 14.4. The molecule has 5 aliphatic carbocycles. The second-order valence-corrected chi connectivity index (χ2v) is 19.5. The summed E-state index contributed by atoms with van der Waals surface area (Å²) in [6.07, 6.45) is 19.5. The number of rotatable bonds is 8. The van der Waals surface area contributed by atoms with Crippen LogP contribution < -0.4 is 5.32 Å². The number of likely N-dealkylation sites (tertiary alicyclic amines) is 1. The molecule has 0 aromatic heterocycles. The maximum Gasteiger partial charge on any atom is 0.307 e. The average Bonchev–Trinajstić information content (AvgIpc) is 3.49. The lowest BCUT2D eigenvalue weighted by Gasteiger charge is -2.67. The van der Waals surface area contributed by atoms with Crippen molar-refractivity contribution in [3.8, 4) is 0 Å². The third kappa shape index (κ3) is 7.47. The summed E-state index contributed by atoms with van der Waals surface area (Å²) in [4.78, 5) is 41.2. The second-order valence-electron chi connectivity index (χ2n) is 19.5. The van der Waals surface area contributed by atoms with E-state index in [0.29, 0.717) is 46.8 Å². The Bertz CT molecular complexity index is 1210. The molecule has 6 nitrogen and oxygen atoms in total. The third-order valence-corrected chi connectivity index (χ3v) is 15.2. The van der Waals surface area contributed by atoms with E-state index in [0.717, 1.165) is 38.5 Å². The van der Waals surface area contributed by atoms with Gasteiger partial charge in [-0.25, -0.2) is 0 Å². The lowest BCUT2D eigenvalue weighted by atomic mass is 9.37. The number of aldehydes is 1. The van der Waals surface area contributed by atoms with E-state index in [1.807, 2.05) is 20.8 Å². The molecule has 1 aliphatic heterocycles. The van der Waals surface area contributed by atoms with Crippen molar-refractivity contribution >= 4 is 18.2 Å². The highest BCUT2D eigenvalue weighted by Gasteiger charge is 2.66. The van der Waals surface area contributed by atoms with Crippen LogP contribution in [0.2, 0.25) is 0 Å². The van der Waals surface area contributed by atoms with E-state index >= 15 is 0 Å². The van der Waals surface area contributed by atoms with Gasteiger partial charge in [0.15, 0.2) is 0 Å². The minimum atomic E-state index is -0.671. The number of allylic oxidation sites excluding steroid dienone is 1. The predicted octanol–water partition coefficient (Wildman–Crippen LogP) is 9.16. The van der Waals surface area contributed by atoms with Crippen LogP contribution in [0.4, 0.5) is 0 Å². The molecule has 5 saturated carbocycles. The monoisotopic (exact) mass is 681 g/mol. The Hall–Kier alpha value is -1.69. The van der Waals surface area contributed by atoms with Crippen molar-refractivity contribution in [2.45, 2.75) is 163 Å². The first-order chi connectivity index (χ1) is 23.1. The Labute approximate surface area is 299 Å². The van der Waals surface area contributed by atoms with Gasteiger partial charge in [0.05, 0.1) is 11.8 Å². The fraction of sp³-hybridized carbons (Fsp3) is 0.884. The summed E-state index contributed by atoms with van der Waals surface area (Å²) in [6, 6.07) is 0. The first-order valence-electron chi connectivity index (χ1n) is 20.3. The molecule has 0 aromatic rings. The molecule has 1 amide bonds. The molecule has 1 N–H and O–H groups in total. The van der Waals surface area contributed by atoms with Gasteiger partial charge in [-0.05, 0) is 157 Å². The zero-order valence-corrected chi connectivity index (χ0v) is 32.7. The van der Waals surface area contributed by atoms with Gasteiger partial charge in [0.2, 0.25) is 5.91 Å². The summed E-state index contributed by atoms with van der Waals surface area (Å²) in [5, 5.41) is 3.64. The fourth-order valence-corrected chi connectivity index (χ4v) is 13.1. The van der Waals surface area contributed by atoms with E-state index in [9.17, 15) is 14.4 Å². The van der Waals surface area contributed by atoms with Crippen LogP contribution in [0.1, 0.15) is 152 Å². The molecule has 6 rings (SSSR count). The number of fused-ring (bicyclic) bond motifs is 7. The van der Waals surface area contributed by atoms with Crippen LogP contribution >= 0.6 is 0 Å². The van der Waals surface area contributed by atoms with E-state index in [1.54, 1.807) is 6.08 Å². The third-order valence-electron chi connectivity index (χ3n) is 15.2. The van der Waals surface area contributed by atoms with Gasteiger partial charge >= 0.3 is 5.97 Å². The standard InChI is InChI=1S/C40H66N2O4.C3H6/c1-27-29-15-19-39(7)30-16-21-40(35(45)41-37(4,5)25-42-22-9-8-10-23-42)18-11-12-31(40)28(30)13-14-33(39)38(29,6)20-17-32(27)46-34(44)24-36(2,3)26-43;1-3-2/h26-33H,8-25H2,1-7H3,(H,41,45);3H,1H2,2H3. The molecule has 0 spiro atoms. The zero-order chi connectivity index (χ0) is 35.8. The lowest BCUT2D eigenvalue weighted by molar-refractivity contribution is -0.202. The number of ether oxygens (including phenoxy) is 1. The van der Waals surface area contributed by atoms with Gasteiger partial charge in [-0.1, -0.05) is 53.5 Å². The molecule has 1 heterocycles. The van der Waals surface area contributed by atoms with Crippen LogP contribution in [0.3, 0.4) is 0 Å². The maximum absolute atomic E-state index is 14.4. The molecular weight excluding hydrogens is 608 g/mol. The van der Waals surface area contributed by atoms with Gasteiger partial charge in [0, 0.05) is 17.5 Å². The Kier molecular flexibility index (Phi) is 11.6.